The summed E-state index contributed by atoms with van der Waals surface area (Å²) in [6.07, 6.45) is 0.782. The van der Waals surface area contributed by atoms with Crippen LogP contribution in [0.1, 0.15) is 26.7 Å². The number of carbonyl (C=O) groups excluding carboxylic acids is 1. The molecule has 1 fully saturated rings. The third-order valence-electron chi connectivity index (χ3n) is 2.96. The van der Waals surface area contributed by atoms with E-state index in [-0.39, 0.29) is 23.2 Å². The van der Waals surface area contributed by atoms with Crippen molar-refractivity contribution >= 4 is 11.9 Å². The summed E-state index contributed by atoms with van der Waals surface area (Å²) in [6.45, 7) is 3.93. The number of carbonyl (C=O) groups is 2. The average molecular weight is 227 g/mol. The van der Waals surface area contributed by atoms with Gasteiger partial charge in [0.1, 0.15) is 0 Å². The van der Waals surface area contributed by atoms with Crippen LogP contribution < -0.4 is 0 Å². The van der Waals surface area contributed by atoms with E-state index in [1.165, 1.54) is 13.8 Å². The highest BCUT2D eigenvalue weighted by molar-refractivity contribution is 6.01. The Bertz CT molecular complexity index is 327. The number of aliphatic carboxylic acids is 1. The molecule has 1 saturated heterocycles. The Hall–Kier alpha value is -1.36. The molecule has 0 radical (unpaired) electrons. The van der Waals surface area contributed by atoms with E-state index >= 15 is 0 Å². The van der Waals surface area contributed by atoms with E-state index in [0.717, 1.165) is 0 Å². The minimum Gasteiger partial charge on any atom is -0.478 e. The summed E-state index contributed by atoms with van der Waals surface area (Å²) in [6, 6.07) is 0. The molecule has 0 bridgehead atoms. The van der Waals surface area contributed by atoms with Gasteiger partial charge in [-0.15, -0.1) is 0 Å². The maximum atomic E-state index is 11.9. The zero-order valence-corrected chi connectivity index (χ0v) is 9.56. The first-order valence-corrected chi connectivity index (χ1v) is 5.31. The third-order valence-corrected chi connectivity index (χ3v) is 2.96. The van der Waals surface area contributed by atoms with Crippen LogP contribution in [0, 0.1) is 0 Å². The Kier molecular flexibility index (Phi) is 4.06. The lowest BCUT2D eigenvalue weighted by atomic mass is 10.1. The van der Waals surface area contributed by atoms with Gasteiger partial charge in [-0.3, -0.25) is 4.79 Å². The maximum Gasteiger partial charge on any atom is 0.331 e. The molecule has 5 nitrogen and oxygen atoms in total. The lowest BCUT2D eigenvalue weighted by Gasteiger charge is -2.30. The Morgan fingerprint density at radius 1 is 1.12 bits per heavy atom. The quantitative estimate of drug-likeness (QED) is 0.669. The molecule has 0 aromatic rings. The summed E-state index contributed by atoms with van der Waals surface area (Å²) in [4.78, 5) is 24.2. The summed E-state index contributed by atoms with van der Waals surface area (Å²) in [5, 5.41) is 18.1. The first kappa shape index (κ1) is 12.7. The molecule has 1 amide bonds. The monoisotopic (exact) mass is 227 g/mol. The number of carboxylic acid groups (broad SMARTS) is 1. The van der Waals surface area contributed by atoms with Crippen molar-refractivity contribution in [1.82, 2.24) is 4.90 Å². The molecular weight excluding hydrogens is 210 g/mol. The molecule has 1 heterocycles. The summed E-state index contributed by atoms with van der Waals surface area (Å²) >= 11 is 0. The minimum absolute atomic E-state index is 0.0797. The molecule has 0 saturated carbocycles. The number of hydrogen-bond acceptors (Lipinski definition) is 3. The van der Waals surface area contributed by atoms with Crippen LogP contribution in [0.4, 0.5) is 0 Å². The molecule has 0 unspecified atom stereocenters. The number of carboxylic acids is 1. The van der Waals surface area contributed by atoms with Crippen LogP contribution in [0.15, 0.2) is 11.1 Å². The summed E-state index contributed by atoms with van der Waals surface area (Å²) < 4.78 is 0. The van der Waals surface area contributed by atoms with Gasteiger partial charge in [-0.2, -0.15) is 0 Å². The van der Waals surface area contributed by atoms with E-state index in [1.54, 1.807) is 4.90 Å². The zero-order chi connectivity index (χ0) is 12.3. The van der Waals surface area contributed by atoms with Crippen LogP contribution in [-0.2, 0) is 9.59 Å². The number of rotatable bonds is 2. The number of aliphatic hydroxyl groups excluding tert-OH is 1. The van der Waals surface area contributed by atoms with Crippen molar-refractivity contribution in [3.8, 4) is 0 Å². The van der Waals surface area contributed by atoms with Crippen LogP contribution in [0.25, 0.3) is 0 Å². The number of piperidine rings is 1. The smallest absolute Gasteiger partial charge is 0.331 e. The van der Waals surface area contributed by atoms with E-state index in [9.17, 15) is 14.7 Å². The van der Waals surface area contributed by atoms with Crippen molar-refractivity contribution < 1.29 is 19.8 Å². The van der Waals surface area contributed by atoms with Crippen molar-refractivity contribution in [1.29, 1.82) is 0 Å². The molecule has 0 spiro atoms. The maximum absolute atomic E-state index is 11.9. The molecule has 90 valence electrons. The van der Waals surface area contributed by atoms with Gasteiger partial charge in [-0.1, -0.05) is 0 Å². The summed E-state index contributed by atoms with van der Waals surface area (Å²) in [5.74, 6) is -1.31. The number of hydrogen-bond donors (Lipinski definition) is 2. The van der Waals surface area contributed by atoms with Crippen molar-refractivity contribution in [3.05, 3.63) is 11.1 Å². The van der Waals surface area contributed by atoms with Crippen molar-refractivity contribution in [2.45, 2.75) is 32.8 Å². The standard InChI is InChI=1S/C11H17NO4/c1-7(8(2)11(15)16)10(14)12-5-3-9(13)4-6-12/h9,13H,3-6H2,1-2H3,(H,15,16). The molecule has 16 heavy (non-hydrogen) atoms. The Morgan fingerprint density at radius 2 is 1.62 bits per heavy atom. The van der Waals surface area contributed by atoms with E-state index in [1.807, 2.05) is 0 Å². The third kappa shape index (κ3) is 2.82. The lowest BCUT2D eigenvalue weighted by Crippen LogP contribution is -2.40. The average Bonchev–Trinajstić information content (AvgIpc) is 2.27. The Balaban J connectivity index is 2.71. The largest absolute Gasteiger partial charge is 0.478 e. The predicted molar refractivity (Wildman–Crippen MR) is 57.8 cm³/mol. The van der Waals surface area contributed by atoms with Gasteiger partial charge in [0.05, 0.1) is 6.10 Å². The first-order valence-electron chi connectivity index (χ1n) is 5.31. The number of aliphatic hydroxyl groups is 1. The summed E-state index contributed by atoms with van der Waals surface area (Å²) in [5.41, 5.74) is 0.347. The molecule has 0 aliphatic carbocycles. The minimum atomic E-state index is -1.07. The van der Waals surface area contributed by atoms with Crippen LogP contribution in [0.3, 0.4) is 0 Å². The van der Waals surface area contributed by atoms with Crippen LogP contribution in [0.2, 0.25) is 0 Å². The van der Waals surface area contributed by atoms with Gasteiger partial charge in [-0.05, 0) is 26.7 Å². The van der Waals surface area contributed by atoms with Gasteiger partial charge in [0.2, 0.25) is 5.91 Å². The zero-order valence-electron chi connectivity index (χ0n) is 9.56. The molecule has 2 N–H and O–H groups in total. The second-order valence-corrected chi connectivity index (χ2v) is 4.08. The van der Waals surface area contributed by atoms with Gasteiger partial charge in [0.25, 0.3) is 0 Å². The first-order chi connectivity index (χ1) is 7.43. The van der Waals surface area contributed by atoms with E-state index < -0.39 is 5.97 Å². The van der Waals surface area contributed by atoms with Crippen LogP contribution >= 0.6 is 0 Å². The molecule has 0 atom stereocenters. The molecular formula is C11H17NO4. The van der Waals surface area contributed by atoms with Crippen LogP contribution in [0.5, 0.6) is 0 Å². The molecule has 1 aliphatic heterocycles. The number of amides is 1. The molecule has 5 heteroatoms. The second-order valence-electron chi connectivity index (χ2n) is 4.08. The second kappa shape index (κ2) is 5.12. The van der Waals surface area contributed by atoms with Gasteiger partial charge in [0.15, 0.2) is 0 Å². The van der Waals surface area contributed by atoms with Crippen molar-refractivity contribution in [3.63, 3.8) is 0 Å². The van der Waals surface area contributed by atoms with Gasteiger partial charge in [-0.25, -0.2) is 4.79 Å². The van der Waals surface area contributed by atoms with Crippen molar-refractivity contribution in [2.24, 2.45) is 0 Å². The Labute approximate surface area is 94.4 Å². The highest BCUT2D eigenvalue weighted by Gasteiger charge is 2.23. The van der Waals surface area contributed by atoms with Crippen molar-refractivity contribution in [2.75, 3.05) is 13.1 Å². The van der Waals surface area contributed by atoms with E-state index in [4.69, 9.17) is 5.11 Å². The highest BCUT2D eigenvalue weighted by atomic mass is 16.4. The fourth-order valence-corrected chi connectivity index (χ4v) is 1.63. The number of likely N-dealkylation sites (tertiary alicyclic amines) is 1. The highest BCUT2D eigenvalue weighted by Crippen LogP contribution is 2.14. The molecule has 1 aliphatic rings. The number of nitrogens with zero attached hydrogens (tertiary/aromatic N) is 1. The fraction of sp³-hybridized carbons (Fsp3) is 0.636. The lowest BCUT2D eigenvalue weighted by molar-refractivity contribution is -0.134. The molecule has 0 aromatic heterocycles. The predicted octanol–water partition coefficient (Wildman–Crippen LogP) is 0.391. The van der Waals surface area contributed by atoms with E-state index in [2.05, 4.69) is 0 Å². The normalized spacial score (nSPS) is 19.3. The van der Waals surface area contributed by atoms with Crippen LogP contribution in [-0.4, -0.2) is 46.2 Å². The van der Waals surface area contributed by atoms with Gasteiger partial charge < -0.3 is 15.1 Å². The molecule has 0 aromatic carbocycles. The van der Waals surface area contributed by atoms with Gasteiger partial charge >= 0.3 is 5.97 Å². The summed E-state index contributed by atoms with van der Waals surface area (Å²) in [7, 11) is 0. The SMILES string of the molecule is CC(C(=O)O)=C(C)C(=O)N1CCC(O)CC1. The van der Waals surface area contributed by atoms with Gasteiger partial charge in [0, 0.05) is 24.2 Å². The topological polar surface area (TPSA) is 77.8 Å². The Morgan fingerprint density at radius 3 is 2.06 bits per heavy atom. The van der Waals surface area contributed by atoms with E-state index in [0.29, 0.717) is 25.9 Å². The fourth-order valence-electron chi connectivity index (χ4n) is 1.63. The molecule has 1 rings (SSSR count).